The Bertz CT molecular complexity index is 1090. The minimum Gasteiger partial charge on any atom is -0.470 e. The lowest BCUT2D eigenvalue weighted by atomic mass is 10.2. The van der Waals surface area contributed by atoms with Crippen molar-refractivity contribution in [3.05, 3.63) is 77.0 Å². The first-order valence-electron chi connectivity index (χ1n) is 8.58. The van der Waals surface area contributed by atoms with Crippen LogP contribution in [0.25, 0.3) is 11.4 Å². The molecule has 0 radical (unpaired) electrons. The van der Waals surface area contributed by atoms with Crippen LogP contribution in [0.15, 0.2) is 70.6 Å². The molecule has 1 aromatic heterocycles. The van der Waals surface area contributed by atoms with Crippen molar-refractivity contribution in [2.45, 2.75) is 6.61 Å². The molecule has 8 nitrogen and oxygen atoms in total. The first-order valence-corrected chi connectivity index (χ1v) is 8.96. The van der Waals surface area contributed by atoms with Crippen LogP contribution in [0.1, 0.15) is 5.89 Å². The van der Waals surface area contributed by atoms with E-state index in [1.807, 2.05) is 18.2 Å². The Kier molecular flexibility index (Phi) is 5.26. The zero-order valence-corrected chi connectivity index (χ0v) is 15.7. The summed E-state index contributed by atoms with van der Waals surface area (Å²) in [5.74, 6) is -0.870. The maximum Gasteiger partial charge on any atom is 0.347 e. The van der Waals surface area contributed by atoms with E-state index >= 15 is 0 Å². The largest absolute Gasteiger partial charge is 0.470 e. The van der Waals surface area contributed by atoms with Gasteiger partial charge in [0.25, 0.3) is 5.89 Å². The molecule has 0 bridgehead atoms. The topological polar surface area (TPSA) is 104 Å². The maximum absolute atomic E-state index is 12.4. The van der Waals surface area contributed by atoms with Crippen LogP contribution in [0.3, 0.4) is 0 Å². The summed E-state index contributed by atoms with van der Waals surface area (Å²) in [5.41, 5.74) is 1.14. The Balaban J connectivity index is 1.45. The highest BCUT2D eigenvalue weighted by Crippen LogP contribution is 2.22. The van der Waals surface area contributed by atoms with Gasteiger partial charge < -0.3 is 19.3 Å². The van der Waals surface area contributed by atoms with Crippen LogP contribution >= 0.6 is 11.6 Å². The molecular weight excluding hydrogens is 398 g/mol. The van der Waals surface area contributed by atoms with Crippen LogP contribution in [0.2, 0.25) is 5.02 Å². The second kappa shape index (κ2) is 8.15. The van der Waals surface area contributed by atoms with E-state index in [-0.39, 0.29) is 30.6 Å². The Morgan fingerprint density at radius 2 is 2.00 bits per heavy atom. The third-order valence-electron chi connectivity index (χ3n) is 3.97. The van der Waals surface area contributed by atoms with Crippen LogP contribution < -0.4 is 5.32 Å². The van der Waals surface area contributed by atoms with Crippen LogP contribution in [0.4, 0.5) is 5.69 Å². The molecule has 3 aromatic rings. The van der Waals surface area contributed by atoms with E-state index < -0.39 is 11.8 Å². The van der Waals surface area contributed by atoms with Crippen molar-refractivity contribution in [1.29, 1.82) is 0 Å². The van der Waals surface area contributed by atoms with Crippen LogP contribution in [-0.4, -0.2) is 28.5 Å². The van der Waals surface area contributed by atoms with E-state index in [1.165, 1.54) is 0 Å². The van der Waals surface area contributed by atoms with Gasteiger partial charge >= 0.3 is 5.97 Å². The van der Waals surface area contributed by atoms with Crippen molar-refractivity contribution >= 4 is 29.0 Å². The molecule has 0 atom stereocenters. The molecular formula is C20H14ClN3O5. The number of carbonyl (C=O) groups excluding carboxylic acids is 2. The Morgan fingerprint density at radius 1 is 1.17 bits per heavy atom. The number of para-hydroxylation sites is 1. The molecule has 9 heteroatoms. The Hall–Kier alpha value is -3.65. The number of ether oxygens (including phenoxy) is 2. The molecule has 0 aliphatic carbocycles. The minimum atomic E-state index is -0.839. The monoisotopic (exact) mass is 411 g/mol. The lowest BCUT2D eigenvalue weighted by Gasteiger charge is -2.08. The lowest BCUT2D eigenvalue weighted by molar-refractivity contribution is -0.142. The van der Waals surface area contributed by atoms with Crippen molar-refractivity contribution in [3.63, 3.8) is 0 Å². The fourth-order valence-electron chi connectivity index (χ4n) is 2.62. The van der Waals surface area contributed by atoms with Gasteiger partial charge in [-0.3, -0.25) is 4.79 Å². The van der Waals surface area contributed by atoms with Gasteiger partial charge in [0.05, 0.1) is 0 Å². The number of carbonyl (C=O) groups is 2. The summed E-state index contributed by atoms with van der Waals surface area (Å²) in [5, 5.41) is 7.27. The molecule has 0 saturated carbocycles. The third-order valence-corrected chi connectivity index (χ3v) is 4.20. The fourth-order valence-corrected chi connectivity index (χ4v) is 2.81. The molecule has 29 heavy (non-hydrogen) atoms. The molecule has 0 saturated heterocycles. The highest BCUT2D eigenvalue weighted by Gasteiger charge is 2.32. The molecule has 1 aliphatic heterocycles. The number of aromatic nitrogens is 2. The van der Waals surface area contributed by atoms with E-state index in [0.29, 0.717) is 22.1 Å². The predicted molar refractivity (Wildman–Crippen MR) is 103 cm³/mol. The number of halogens is 1. The number of hydrogen-bond donors (Lipinski definition) is 1. The Morgan fingerprint density at radius 3 is 2.79 bits per heavy atom. The van der Waals surface area contributed by atoms with E-state index in [1.54, 1.807) is 36.4 Å². The normalized spacial score (nSPS) is 13.3. The number of hydrogen-bond acceptors (Lipinski definition) is 8. The van der Waals surface area contributed by atoms with Gasteiger partial charge in [0.15, 0.2) is 18.8 Å². The first kappa shape index (κ1) is 18.7. The smallest absolute Gasteiger partial charge is 0.347 e. The molecule has 4 rings (SSSR count). The van der Waals surface area contributed by atoms with Gasteiger partial charge in [0.1, 0.15) is 0 Å². The van der Waals surface area contributed by atoms with E-state index in [4.69, 9.17) is 25.6 Å². The zero-order valence-electron chi connectivity index (χ0n) is 14.9. The molecule has 0 spiro atoms. The minimum absolute atomic E-state index is 0.0522. The quantitative estimate of drug-likeness (QED) is 0.486. The molecule has 2 aromatic carbocycles. The zero-order chi connectivity index (χ0) is 20.2. The number of esters is 1. The number of benzene rings is 2. The lowest BCUT2D eigenvalue weighted by Crippen LogP contribution is -2.16. The molecule has 1 N–H and O–H groups in total. The van der Waals surface area contributed by atoms with Gasteiger partial charge in [0.2, 0.25) is 17.5 Å². The van der Waals surface area contributed by atoms with E-state index in [9.17, 15) is 9.59 Å². The second-order valence-corrected chi connectivity index (χ2v) is 6.44. The average molecular weight is 412 g/mol. The van der Waals surface area contributed by atoms with Gasteiger partial charge in [-0.25, -0.2) is 4.79 Å². The van der Waals surface area contributed by atoms with Crippen LogP contribution in [0, 0.1) is 0 Å². The SMILES string of the molecule is O=C1COC(Nc2ccccc2)=C1C(=O)OCc1nc(-c2cccc(Cl)c2)no1. The van der Waals surface area contributed by atoms with Crippen molar-refractivity contribution in [1.82, 2.24) is 10.1 Å². The predicted octanol–water partition coefficient (Wildman–Crippen LogP) is 3.36. The van der Waals surface area contributed by atoms with E-state index in [0.717, 1.165) is 0 Å². The van der Waals surface area contributed by atoms with Gasteiger partial charge in [-0.1, -0.05) is 47.1 Å². The summed E-state index contributed by atoms with van der Waals surface area (Å²) in [4.78, 5) is 28.6. The van der Waals surface area contributed by atoms with Gasteiger partial charge in [-0.15, -0.1) is 0 Å². The average Bonchev–Trinajstić information content (AvgIpc) is 3.34. The standard InChI is InChI=1S/C20H14ClN3O5/c21-13-6-4-5-12(9-13)18-23-16(29-24-18)11-28-20(26)17-15(25)10-27-19(17)22-14-7-2-1-3-8-14/h1-9,22H,10-11H2. The van der Waals surface area contributed by atoms with Crippen molar-refractivity contribution in [3.8, 4) is 11.4 Å². The van der Waals surface area contributed by atoms with E-state index in [2.05, 4.69) is 15.5 Å². The molecule has 0 unspecified atom stereocenters. The van der Waals surface area contributed by atoms with Gasteiger partial charge in [-0.05, 0) is 24.3 Å². The third kappa shape index (κ3) is 4.27. The number of ketones is 1. The van der Waals surface area contributed by atoms with Crippen molar-refractivity contribution in [2.75, 3.05) is 11.9 Å². The molecule has 0 amide bonds. The summed E-state index contributed by atoms with van der Waals surface area (Å²) in [6, 6.07) is 16.0. The van der Waals surface area contributed by atoms with Crippen molar-refractivity contribution < 1.29 is 23.6 Å². The molecule has 146 valence electrons. The number of nitrogens with one attached hydrogen (secondary N) is 1. The first-order chi connectivity index (χ1) is 14.1. The van der Waals surface area contributed by atoms with Crippen molar-refractivity contribution in [2.24, 2.45) is 0 Å². The summed E-state index contributed by atoms with van der Waals surface area (Å²) in [6.07, 6.45) is 0. The number of rotatable bonds is 6. The number of anilines is 1. The highest BCUT2D eigenvalue weighted by molar-refractivity contribution is 6.30. The summed E-state index contributed by atoms with van der Waals surface area (Å²) in [7, 11) is 0. The molecule has 0 fully saturated rings. The van der Waals surface area contributed by atoms with Crippen LogP contribution in [0.5, 0.6) is 0 Å². The number of nitrogens with zero attached hydrogens (tertiary/aromatic N) is 2. The molecule has 1 aliphatic rings. The Labute approximate surface area is 170 Å². The van der Waals surface area contributed by atoms with Gasteiger partial charge in [0, 0.05) is 16.3 Å². The number of Topliss-reactive ketones (excluding diaryl/α,β-unsaturated/α-hetero) is 1. The maximum atomic E-state index is 12.4. The highest BCUT2D eigenvalue weighted by atomic mass is 35.5. The second-order valence-electron chi connectivity index (χ2n) is 6.01. The fraction of sp³-hybridized carbons (Fsp3) is 0.100. The van der Waals surface area contributed by atoms with Gasteiger partial charge in [-0.2, -0.15) is 4.98 Å². The summed E-state index contributed by atoms with van der Waals surface area (Å²) < 4.78 is 15.5. The van der Waals surface area contributed by atoms with Crippen LogP contribution in [-0.2, 0) is 25.7 Å². The summed E-state index contributed by atoms with van der Waals surface area (Å²) >= 11 is 5.95. The summed E-state index contributed by atoms with van der Waals surface area (Å²) in [6.45, 7) is -0.527. The molecule has 2 heterocycles.